The Balaban J connectivity index is 2.05. The summed E-state index contributed by atoms with van der Waals surface area (Å²) in [4.78, 5) is 15.1. The maximum absolute atomic E-state index is 12.6. The highest BCUT2D eigenvalue weighted by Gasteiger charge is 2.26. The van der Waals surface area contributed by atoms with E-state index in [1.807, 2.05) is 23.1 Å². The van der Waals surface area contributed by atoms with Crippen LogP contribution < -0.4 is 0 Å². The first-order valence-corrected chi connectivity index (χ1v) is 8.06. The zero-order valence-electron chi connectivity index (χ0n) is 11.7. The molecule has 1 amide bonds. The van der Waals surface area contributed by atoms with Gasteiger partial charge in [-0.1, -0.05) is 48.0 Å². The number of benzene rings is 1. The Bertz CT molecular complexity index is 436. The van der Waals surface area contributed by atoms with E-state index in [4.69, 9.17) is 0 Å². The number of rotatable bonds is 3. The minimum Gasteiger partial charge on any atom is -0.339 e. The molecule has 1 atom stereocenters. The molecule has 1 aromatic carbocycles. The summed E-state index contributed by atoms with van der Waals surface area (Å²) in [5.41, 5.74) is 2.04. The van der Waals surface area contributed by atoms with Crippen molar-refractivity contribution >= 4 is 21.8 Å². The van der Waals surface area contributed by atoms with Gasteiger partial charge in [0.15, 0.2) is 0 Å². The van der Waals surface area contributed by atoms with E-state index >= 15 is 0 Å². The van der Waals surface area contributed by atoms with Gasteiger partial charge in [0.25, 0.3) is 5.91 Å². The molecular weight excluding hydrogens is 302 g/mol. The van der Waals surface area contributed by atoms with Crippen molar-refractivity contribution in [3.8, 4) is 0 Å². The van der Waals surface area contributed by atoms with Crippen molar-refractivity contribution in [2.24, 2.45) is 5.92 Å². The molecule has 2 nitrogen and oxygen atoms in total. The number of alkyl halides is 1. The van der Waals surface area contributed by atoms with Crippen molar-refractivity contribution in [3.05, 3.63) is 35.4 Å². The van der Waals surface area contributed by atoms with Gasteiger partial charge in [-0.25, -0.2) is 0 Å². The molecule has 1 aliphatic heterocycles. The molecule has 1 heterocycles. The summed E-state index contributed by atoms with van der Waals surface area (Å²) in [6.07, 6.45) is 3.12. The summed E-state index contributed by atoms with van der Waals surface area (Å²) >= 11 is 3.66. The normalized spacial score (nSPS) is 18.4. The number of nitrogens with zero attached hydrogens (tertiary/aromatic N) is 1. The fraction of sp³-hybridized carbons (Fsp3) is 0.562. The molecule has 0 bridgehead atoms. The number of aryl methyl sites for hydroxylation is 1. The summed E-state index contributed by atoms with van der Waals surface area (Å²) < 4.78 is 0. The number of carbonyl (C=O) groups is 1. The number of carbonyl (C=O) groups excluding carboxylic acids is 1. The number of amides is 1. The zero-order chi connectivity index (χ0) is 13.8. The first kappa shape index (κ1) is 14.6. The van der Waals surface area contributed by atoms with E-state index in [9.17, 15) is 4.79 Å². The molecule has 1 saturated heterocycles. The standard InChI is InChI=1S/C16H22BrNO/c1-3-13-6-4-5-7-15(13)16(19)18-10-8-14(9-11-18)12(2)17/h4-7,12,14H,3,8-11H2,1-2H3. The average molecular weight is 324 g/mol. The largest absolute Gasteiger partial charge is 0.339 e. The SMILES string of the molecule is CCc1ccccc1C(=O)N1CCC(C(C)Br)CC1. The molecule has 0 saturated carbocycles. The van der Waals surface area contributed by atoms with E-state index in [-0.39, 0.29) is 5.91 Å². The van der Waals surface area contributed by atoms with Gasteiger partial charge in [0, 0.05) is 23.5 Å². The van der Waals surface area contributed by atoms with Crippen LogP contribution in [0.25, 0.3) is 0 Å². The summed E-state index contributed by atoms with van der Waals surface area (Å²) in [6.45, 7) is 6.08. The highest BCUT2D eigenvalue weighted by Crippen LogP contribution is 2.26. The molecule has 0 spiro atoms. The second-order valence-corrected chi connectivity index (χ2v) is 6.76. The predicted octanol–water partition coefficient (Wildman–Crippen LogP) is 3.88. The van der Waals surface area contributed by atoms with E-state index in [0.717, 1.165) is 43.5 Å². The van der Waals surface area contributed by atoms with Crippen LogP contribution in [0.1, 0.15) is 42.6 Å². The van der Waals surface area contributed by atoms with Gasteiger partial charge in [-0.2, -0.15) is 0 Å². The Hall–Kier alpha value is -0.830. The lowest BCUT2D eigenvalue weighted by Gasteiger charge is -2.33. The van der Waals surface area contributed by atoms with Crippen molar-refractivity contribution in [2.75, 3.05) is 13.1 Å². The number of hydrogen-bond acceptors (Lipinski definition) is 1. The molecule has 2 rings (SSSR count). The summed E-state index contributed by atoms with van der Waals surface area (Å²) in [6, 6.07) is 7.98. The number of halogens is 1. The van der Waals surface area contributed by atoms with Crippen LogP contribution in [0.3, 0.4) is 0 Å². The molecule has 0 aromatic heterocycles. The molecule has 104 valence electrons. The molecule has 1 aliphatic rings. The highest BCUT2D eigenvalue weighted by atomic mass is 79.9. The maximum Gasteiger partial charge on any atom is 0.254 e. The second-order valence-electron chi connectivity index (χ2n) is 5.32. The second kappa shape index (κ2) is 6.56. The van der Waals surface area contributed by atoms with Crippen molar-refractivity contribution < 1.29 is 4.79 Å². The van der Waals surface area contributed by atoms with Crippen LogP contribution in [0.2, 0.25) is 0 Å². The van der Waals surface area contributed by atoms with Crippen LogP contribution in [-0.4, -0.2) is 28.7 Å². The molecule has 19 heavy (non-hydrogen) atoms. The molecular formula is C16H22BrNO. The average Bonchev–Trinajstić information content (AvgIpc) is 2.46. The minimum atomic E-state index is 0.207. The van der Waals surface area contributed by atoms with Gasteiger partial charge in [0.05, 0.1) is 0 Å². The van der Waals surface area contributed by atoms with Crippen LogP contribution in [0.5, 0.6) is 0 Å². The molecule has 3 heteroatoms. The van der Waals surface area contributed by atoms with Gasteiger partial charge in [-0.3, -0.25) is 4.79 Å². The number of piperidine rings is 1. The molecule has 1 aromatic rings. The van der Waals surface area contributed by atoms with Crippen LogP contribution in [-0.2, 0) is 6.42 Å². The van der Waals surface area contributed by atoms with Gasteiger partial charge in [0.1, 0.15) is 0 Å². The number of likely N-dealkylation sites (tertiary alicyclic amines) is 1. The Morgan fingerprint density at radius 2 is 2.00 bits per heavy atom. The van der Waals surface area contributed by atoms with Gasteiger partial charge in [-0.05, 0) is 36.8 Å². The highest BCUT2D eigenvalue weighted by molar-refractivity contribution is 9.09. The van der Waals surface area contributed by atoms with Crippen molar-refractivity contribution in [3.63, 3.8) is 0 Å². The van der Waals surface area contributed by atoms with E-state index in [2.05, 4.69) is 35.8 Å². The third-order valence-electron chi connectivity index (χ3n) is 4.11. The van der Waals surface area contributed by atoms with Crippen LogP contribution in [0.15, 0.2) is 24.3 Å². The predicted molar refractivity (Wildman–Crippen MR) is 82.8 cm³/mol. The topological polar surface area (TPSA) is 20.3 Å². The van der Waals surface area contributed by atoms with Crippen molar-refractivity contribution in [1.82, 2.24) is 4.90 Å². The first-order chi connectivity index (χ1) is 9.13. The molecule has 0 radical (unpaired) electrons. The fourth-order valence-electron chi connectivity index (χ4n) is 2.77. The summed E-state index contributed by atoms with van der Waals surface area (Å²) in [5.74, 6) is 0.906. The lowest BCUT2D eigenvalue weighted by atomic mass is 9.93. The Morgan fingerprint density at radius 3 is 2.58 bits per heavy atom. The lowest BCUT2D eigenvalue weighted by Crippen LogP contribution is -2.40. The number of hydrogen-bond donors (Lipinski definition) is 0. The smallest absolute Gasteiger partial charge is 0.254 e. The van der Waals surface area contributed by atoms with Gasteiger partial charge in [-0.15, -0.1) is 0 Å². The van der Waals surface area contributed by atoms with Crippen LogP contribution in [0.4, 0.5) is 0 Å². The molecule has 0 aliphatic carbocycles. The molecule has 0 N–H and O–H groups in total. The van der Waals surface area contributed by atoms with Crippen molar-refractivity contribution in [1.29, 1.82) is 0 Å². The van der Waals surface area contributed by atoms with Crippen LogP contribution in [0, 0.1) is 5.92 Å². The summed E-state index contributed by atoms with van der Waals surface area (Å²) in [5, 5.41) is 0. The van der Waals surface area contributed by atoms with E-state index in [1.54, 1.807) is 0 Å². The lowest BCUT2D eigenvalue weighted by molar-refractivity contribution is 0.0690. The van der Waals surface area contributed by atoms with E-state index in [0.29, 0.717) is 10.7 Å². The molecule has 1 fully saturated rings. The maximum atomic E-state index is 12.6. The monoisotopic (exact) mass is 323 g/mol. The summed E-state index contributed by atoms with van der Waals surface area (Å²) in [7, 11) is 0. The van der Waals surface area contributed by atoms with E-state index < -0.39 is 0 Å². The third-order valence-corrected chi connectivity index (χ3v) is 4.85. The van der Waals surface area contributed by atoms with Crippen LogP contribution >= 0.6 is 15.9 Å². The Kier molecular flexibility index (Phi) is 5.03. The third kappa shape index (κ3) is 3.38. The van der Waals surface area contributed by atoms with Gasteiger partial charge >= 0.3 is 0 Å². The van der Waals surface area contributed by atoms with Gasteiger partial charge in [0.2, 0.25) is 0 Å². The minimum absolute atomic E-state index is 0.207. The fourth-order valence-corrected chi connectivity index (χ4v) is 3.30. The quantitative estimate of drug-likeness (QED) is 0.773. The molecule has 1 unspecified atom stereocenters. The first-order valence-electron chi connectivity index (χ1n) is 7.14. The Morgan fingerprint density at radius 1 is 1.37 bits per heavy atom. The van der Waals surface area contributed by atoms with Crippen molar-refractivity contribution in [2.45, 2.75) is 37.9 Å². The Labute approximate surface area is 124 Å². The van der Waals surface area contributed by atoms with Gasteiger partial charge < -0.3 is 4.90 Å². The zero-order valence-corrected chi connectivity index (χ0v) is 13.3. The van der Waals surface area contributed by atoms with E-state index in [1.165, 1.54) is 0 Å².